The smallest absolute Gasteiger partial charge is 0.387 e. The van der Waals surface area contributed by atoms with Crippen LogP contribution >= 0.6 is 0 Å². The molecule has 1 aromatic carbocycles. The van der Waals surface area contributed by atoms with E-state index in [2.05, 4.69) is 5.32 Å². The first kappa shape index (κ1) is 18.3. The van der Waals surface area contributed by atoms with E-state index in [0.717, 1.165) is 12.1 Å². The van der Waals surface area contributed by atoms with Gasteiger partial charge in [0.2, 0.25) is 11.8 Å². The van der Waals surface area contributed by atoms with Gasteiger partial charge in [-0.25, -0.2) is 0 Å². The van der Waals surface area contributed by atoms with Crippen LogP contribution in [0.25, 0.3) is 0 Å². The molecule has 0 spiro atoms. The van der Waals surface area contributed by atoms with Crippen molar-refractivity contribution in [3.8, 4) is 0 Å². The standard InChI is InChI=1S/C16H19F3N2O3/c1-10(22)21-6-5-12(9-21)15(24)20-8-14(23)11-3-2-4-13(7-11)16(17,18)19/h2-4,7,12,14,23H,5-6,8-9H2,1H3,(H,20,24). The van der Waals surface area contributed by atoms with E-state index >= 15 is 0 Å². The number of halogens is 3. The summed E-state index contributed by atoms with van der Waals surface area (Å²) in [6, 6.07) is 4.37. The highest BCUT2D eigenvalue weighted by molar-refractivity contribution is 5.81. The van der Waals surface area contributed by atoms with E-state index in [4.69, 9.17) is 0 Å². The monoisotopic (exact) mass is 344 g/mol. The minimum atomic E-state index is -4.49. The highest BCUT2D eigenvalue weighted by Gasteiger charge is 2.31. The average Bonchev–Trinajstić information content (AvgIpc) is 3.02. The van der Waals surface area contributed by atoms with Crippen LogP contribution in [0.2, 0.25) is 0 Å². The first-order valence-corrected chi connectivity index (χ1v) is 7.57. The average molecular weight is 344 g/mol. The molecule has 1 heterocycles. The van der Waals surface area contributed by atoms with Gasteiger partial charge in [0.05, 0.1) is 17.6 Å². The molecule has 24 heavy (non-hydrogen) atoms. The summed E-state index contributed by atoms with van der Waals surface area (Å²) < 4.78 is 38.0. The van der Waals surface area contributed by atoms with Gasteiger partial charge in [0, 0.05) is 26.6 Å². The van der Waals surface area contributed by atoms with Gasteiger partial charge < -0.3 is 15.3 Å². The summed E-state index contributed by atoms with van der Waals surface area (Å²) >= 11 is 0. The number of nitrogens with zero attached hydrogens (tertiary/aromatic N) is 1. The second kappa shape index (κ2) is 7.21. The number of likely N-dealkylation sites (tertiary alicyclic amines) is 1. The molecule has 2 amide bonds. The third-order valence-electron chi connectivity index (χ3n) is 4.07. The second-order valence-electron chi connectivity index (χ2n) is 5.83. The van der Waals surface area contributed by atoms with Gasteiger partial charge in [-0.2, -0.15) is 13.2 Å². The highest BCUT2D eigenvalue weighted by atomic mass is 19.4. The van der Waals surface area contributed by atoms with Gasteiger partial charge in [0.25, 0.3) is 0 Å². The van der Waals surface area contributed by atoms with Crippen LogP contribution in [0.4, 0.5) is 13.2 Å². The molecule has 1 aliphatic heterocycles. The van der Waals surface area contributed by atoms with Crippen molar-refractivity contribution in [1.29, 1.82) is 0 Å². The van der Waals surface area contributed by atoms with E-state index in [-0.39, 0.29) is 29.8 Å². The van der Waals surface area contributed by atoms with Gasteiger partial charge in [-0.15, -0.1) is 0 Å². The minimum Gasteiger partial charge on any atom is -0.387 e. The zero-order chi connectivity index (χ0) is 17.9. The summed E-state index contributed by atoms with van der Waals surface area (Å²) in [5.74, 6) is -0.776. The molecule has 132 valence electrons. The Kier molecular flexibility index (Phi) is 5.48. The molecular formula is C16H19F3N2O3. The lowest BCUT2D eigenvalue weighted by molar-refractivity contribution is -0.137. The molecule has 1 aromatic rings. The highest BCUT2D eigenvalue weighted by Crippen LogP contribution is 2.30. The van der Waals surface area contributed by atoms with Gasteiger partial charge in [-0.05, 0) is 24.1 Å². The van der Waals surface area contributed by atoms with E-state index in [0.29, 0.717) is 19.5 Å². The number of hydrogen-bond acceptors (Lipinski definition) is 3. The molecule has 2 atom stereocenters. The van der Waals surface area contributed by atoms with Crippen molar-refractivity contribution in [3.05, 3.63) is 35.4 Å². The number of carbonyl (C=O) groups excluding carboxylic acids is 2. The molecular weight excluding hydrogens is 325 g/mol. The third-order valence-corrected chi connectivity index (χ3v) is 4.07. The Morgan fingerprint density at radius 1 is 1.42 bits per heavy atom. The van der Waals surface area contributed by atoms with Crippen molar-refractivity contribution in [3.63, 3.8) is 0 Å². The molecule has 0 radical (unpaired) electrons. The largest absolute Gasteiger partial charge is 0.416 e. The van der Waals surface area contributed by atoms with Gasteiger partial charge >= 0.3 is 6.18 Å². The minimum absolute atomic E-state index is 0.0851. The molecule has 2 rings (SSSR count). The number of amides is 2. The van der Waals surface area contributed by atoms with E-state index in [1.807, 2.05) is 0 Å². The van der Waals surface area contributed by atoms with Crippen molar-refractivity contribution < 1.29 is 27.9 Å². The van der Waals surface area contributed by atoms with Crippen LogP contribution in [0.15, 0.2) is 24.3 Å². The van der Waals surface area contributed by atoms with Crippen LogP contribution < -0.4 is 5.32 Å². The summed E-state index contributed by atoms with van der Waals surface area (Å²) in [4.78, 5) is 24.8. The molecule has 0 aromatic heterocycles. The Hall–Kier alpha value is -2.09. The van der Waals surface area contributed by atoms with Gasteiger partial charge in [0.15, 0.2) is 0 Å². The van der Waals surface area contributed by atoms with Crippen LogP contribution in [0.1, 0.15) is 30.6 Å². The number of nitrogens with one attached hydrogen (secondary N) is 1. The van der Waals surface area contributed by atoms with Crippen molar-refractivity contribution in [2.45, 2.75) is 25.6 Å². The maximum Gasteiger partial charge on any atom is 0.416 e. The fourth-order valence-electron chi connectivity index (χ4n) is 2.64. The lowest BCUT2D eigenvalue weighted by Crippen LogP contribution is -2.36. The van der Waals surface area contributed by atoms with Crippen molar-refractivity contribution in [1.82, 2.24) is 10.2 Å². The fraction of sp³-hybridized carbons (Fsp3) is 0.500. The number of aliphatic hydroxyl groups is 1. The number of carbonyl (C=O) groups is 2. The van der Waals surface area contributed by atoms with Crippen LogP contribution in [0.5, 0.6) is 0 Å². The van der Waals surface area contributed by atoms with Crippen molar-refractivity contribution >= 4 is 11.8 Å². The molecule has 0 aliphatic carbocycles. The van der Waals surface area contributed by atoms with Crippen molar-refractivity contribution in [2.75, 3.05) is 19.6 Å². The third kappa shape index (κ3) is 4.47. The van der Waals surface area contributed by atoms with Crippen LogP contribution in [0.3, 0.4) is 0 Å². The first-order valence-electron chi connectivity index (χ1n) is 7.57. The molecule has 0 bridgehead atoms. The normalized spacial score (nSPS) is 19.2. The maximum absolute atomic E-state index is 12.7. The zero-order valence-corrected chi connectivity index (χ0v) is 13.1. The summed E-state index contributed by atoms with van der Waals surface area (Å²) in [6.45, 7) is 2.07. The molecule has 0 saturated carbocycles. The Balaban J connectivity index is 1.90. The lowest BCUT2D eigenvalue weighted by Gasteiger charge is -2.17. The SMILES string of the molecule is CC(=O)N1CCC(C(=O)NCC(O)c2cccc(C(F)(F)F)c2)C1. The topological polar surface area (TPSA) is 69.6 Å². The first-order chi connectivity index (χ1) is 11.2. The molecule has 8 heteroatoms. The predicted molar refractivity (Wildman–Crippen MR) is 79.8 cm³/mol. The number of aliphatic hydroxyl groups excluding tert-OH is 1. The Morgan fingerprint density at radius 3 is 2.71 bits per heavy atom. The summed E-state index contributed by atoms with van der Waals surface area (Å²) in [7, 11) is 0. The summed E-state index contributed by atoms with van der Waals surface area (Å²) in [5, 5.41) is 12.5. The maximum atomic E-state index is 12.7. The predicted octanol–water partition coefficient (Wildman–Crippen LogP) is 1.72. The van der Waals surface area contributed by atoms with Gasteiger partial charge in [-0.1, -0.05) is 12.1 Å². The second-order valence-corrected chi connectivity index (χ2v) is 5.83. The summed E-state index contributed by atoms with van der Waals surface area (Å²) in [6.07, 6.45) is -5.19. The molecule has 2 N–H and O–H groups in total. The molecule has 1 aliphatic rings. The number of benzene rings is 1. The molecule has 1 saturated heterocycles. The number of hydrogen-bond donors (Lipinski definition) is 2. The fourth-order valence-corrected chi connectivity index (χ4v) is 2.64. The number of rotatable bonds is 4. The molecule has 5 nitrogen and oxygen atoms in total. The van der Waals surface area contributed by atoms with Crippen LogP contribution in [-0.2, 0) is 15.8 Å². The lowest BCUT2D eigenvalue weighted by atomic mass is 10.0. The molecule has 2 unspecified atom stereocenters. The Bertz CT molecular complexity index is 619. The summed E-state index contributed by atoms with van der Waals surface area (Å²) in [5.41, 5.74) is -0.764. The van der Waals surface area contributed by atoms with E-state index in [1.165, 1.54) is 19.1 Å². The molecule has 1 fully saturated rings. The van der Waals surface area contributed by atoms with Gasteiger partial charge in [0.1, 0.15) is 0 Å². The van der Waals surface area contributed by atoms with E-state index < -0.39 is 17.8 Å². The van der Waals surface area contributed by atoms with E-state index in [9.17, 15) is 27.9 Å². The van der Waals surface area contributed by atoms with Gasteiger partial charge in [-0.3, -0.25) is 9.59 Å². The zero-order valence-electron chi connectivity index (χ0n) is 13.1. The van der Waals surface area contributed by atoms with Crippen molar-refractivity contribution in [2.24, 2.45) is 5.92 Å². The Labute approximate surface area is 137 Å². The van der Waals surface area contributed by atoms with E-state index in [1.54, 1.807) is 4.90 Å². The number of alkyl halides is 3. The Morgan fingerprint density at radius 2 is 2.12 bits per heavy atom. The van der Waals surface area contributed by atoms with Crippen LogP contribution in [-0.4, -0.2) is 41.5 Å². The van der Waals surface area contributed by atoms with Crippen LogP contribution in [0, 0.1) is 5.92 Å². The quantitative estimate of drug-likeness (QED) is 0.874.